The number of thiazole rings is 1. The molecule has 2 aromatic rings. The maximum Gasteiger partial charge on any atom is 0.490 e. The van der Waals surface area contributed by atoms with Gasteiger partial charge in [0, 0.05) is 25.0 Å². The largest absolute Gasteiger partial charge is 0.490 e. The number of aliphatic carboxylic acids is 1. The van der Waals surface area contributed by atoms with Gasteiger partial charge in [-0.05, 0) is 31.5 Å². The Morgan fingerprint density at radius 3 is 2.53 bits per heavy atom. The Bertz CT molecular complexity index is 962. The van der Waals surface area contributed by atoms with Crippen LogP contribution in [0.3, 0.4) is 0 Å². The van der Waals surface area contributed by atoms with Crippen molar-refractivity contribution in [2.45, 2.75) is 30.6 Å². The zero-order valence-corrected chi connectivity index (χ0v) is 17.6. The highest BCUT2D eigenvalue weighted by atomic mass is 32.2. The number of pyridine rings is 1. The number of hydrogen-bond donors (Lipinski definition) is 3. The predicted octanol–water partition coefficient (Wildman–Crippen LogP) is 2.08. The van der Waals surface area contributed by atoms with Crippen molar-refractivity contribution in [1.82, 2.24) is 15.3 Å². The van der Waals surface area contributed by atoms with Crippen LogP contribution in [0.5, 0.6) is 0 Å². The van der Waals surface area contributed by atoms with Crippen molar-refractivity contribution in [1.29, 1.82) is 0 Å². The Labute approximate surface area is 175 Å². The molecule has 1 fully saturated rings. The average molecular weight is 467 g/mol. The number of rotatable bonds is 5. The normalized spacial score (nSPS) is 16.5. The summed E-state index contributed by atoms with van der Waals surface area (Å²) in [5.74, 6) is -2.44. The number of aryl methyl sites for hydroxylation is 1. The highest BCUT2D eigenvalue weighted by molar-refractivity contribution is 7.92. The molecule has 0 saturated carbocycles. The first kappa shape index (κ1) is 23.8. The third kappa shape index (κ3) is 6.27. The molecule has 0 aromatic carbocycles. The van der Waals surface area contributed by atoms with Crippen molar-refractivity contribution in [3.05, 3.63) is 28.7 Å². The minimum absolute atomic E-state index is 0.00435. The zero-order valence-electron chi connectivity index (χ0n) is 16.0. The van der Waals surface area contributed by atoms with Crippen LogP contribution in [0, 0.1) is 6.92 Å². The molecule has 166 valence electrons. The SMILES string of the molecule is Cc1cc(S(=O)(=O)Nc2cscn2)ncc1N(C)[C@H]1CCNC1.O=C(O)C(F)(F)F. The van der Waals surface area contributed by atoms with Crippen molar-refractivity contribution >= 4 is 38.8 Å². The van der Waals surface area contributed by atoms with Gasteiger partial charge in [-0.1, -0.05) is 0 Å². The first-order valence-corrected chi connectivity index (χ1v) is 11.0. The molecule has 30 heavy (non-hydrogen) atoms. The summed E-state index contributed by atoms with van der Waals surface area (Å²) in [6.07, 6.45) is -2.38. The number of halogens is 3. The van der Waals surface area contributed by atoms with Crippen LogP contribution in [0.2, 0.25) is 0 Å². The lowest BCUT2D eigenvalue weighted by Crippen LogP contribution is -2.34. The van der Waals surface area contributed by atoms with Gasteiger partial charge in [0.25, 0.3) is 10.0 Å². The number of nitrogens with zero attached hydrogens (tertiary/aromatic N) is 3. The average Bonchev–Trinajstić information content (AvgIpc) is 3.34. The summed E-state index contributed by atoms with van der Waals surface area (Å²) < 4.78 is 58.9. The molecule has 3 heterocycles. The fourth-order valence-corrected chi connectivity index (χ4v) is 4.23. The highest BCUT2D eigenvalue weighted by Crippen LogP contribution is 2.24. The molecule has 3 N–H and O–H groups in total. The number of anilines is 2. The predicted molar refractivity (Wildman–Crippen MR) is 105 cm³/mol. The van der Waals surface area contributed by atoms with Crippen LogP contribution in [0.25, 0.3) is 0 Å². The smallest absolute Gasteiger partial charge is 0.475 e. The molecule has 0 spiro atoms. The molecule has 14 heteroatoms. The van der Waals surface area contributed by atoms with Crippen LogP contribution in [-0.4, -0.2) is 61.8 Å². The summed E-state index contributed by atoms with van der Waals surface area (Å²) in [4.78, 5) is 19.1. The Balaban J connectivity index is 0.000000396. The third-order valence-electron chi connectivity index (χ3n) is 4.21. The van der Waals surface area contributed by atoms with Crippen molar-refractivity contribution in [3.63, 3.8) is 0 Å². The van der Waals surface area contributed by atoms with Gasteiger partial charge < -0.3 is 15.3 Å². The van der Waals surface area contributed by atoms with Crippen LogP contribution >= 0.6 is 11.3 Å². The van der Waals surface area contributed by atoms with Gasteiger partial charge in [0.1, 0.15) is 0 Å². The van der Waals surface area contributed by atoms with Gasteiger partial charge >= 0.3 is 12.1 Å². The van der Waals surface area contributed by atoms with Gasteiger partial charge in [-0.3, -0.25) is 4.72 Å². The summed E-state index contributed by atoms with van der Waals surface area (Å²) in [6, 6.07) is 2.01. The molecule has 0 aliphatic carbocycles. The van der Waals surface area contributed by atoms with Gasteiger partial charge in [-0.15, -0.1) is 11.3 Å². The quantitative estimate of drug-likeness (QED) is 0.611. The second-order valence-corrected chi connectivity index (χ2v) is 8.70. The fraction of sp³-hybridized carbons (Fsp3) is 0.438. The number of carboxylic acids is 1. The second kappa shape index (κ2) is 9.57. The van der Waals surface area contributed by atoms with Crippen LogP contribution < -0.4 is 14.9 Å². The standard InChI is InChI=1S/C14H19N5O2S2.C2HF3O2/c1-10-5-14(23(20,21)18-13-8-22-9-17-13)16-7-12(10)19(2)11-3-4-15-6-11;3-2(4,5)1(6)7/h5,7-9,11,15,18H,3-4,6H2,1-2H3;(H,6,7)/t11-;/m0./s1. The first-order chi connectivity index (χ1) is 13.9. The van der Waals surface area contributed by atoms with Crippen molar-refractivity contribution in [3.8, 4) is 0 Å². The molecule has 1 saturated heterocycles. The Kier molecular flexibility index (Phi) is 7.60. The first-order valence-electron chi connectivity index (χ1n) is 8.53. The number of hydrogen-bond acceptors (Lipinski definition) is 8. The lowest BCUT2D eigenvalue weighted by atomic mass is 10.2. The summed E-state index contributed by atoms with van der Waals surface area (Å²) in [5, 5.41) is 12.1. The molecular weight excluding hydrogens is 447 g/mol. The summed E-state index contributed by atoms with van der Waals surface area (Å²) in [5.41, 5.74) is 3.41. The van der Waals surface area contributed by atoms with Gasteiger partial charge in [0.2, 0.25) is 0 Å². The van der Waals surface area contributed by atoms with E-state index in [2.05, 4.69) is 24.9 Å². The van der Waals surface area contributed by atoms with Crippen LogP contribution in [0.4, 0.5) is 24.7 Å². The van der Waals surface area contributed by atoms with Gasteiger partial charge in [-0.2, -0.15) is 21.6 Å². The Morgan fingerprint density at radius 1 is 1.40 bits per heavy atom. The lowest BCUT2D eigenvalue weighted by Gasteiger charge is -2.27. The molecule has 1 atom stereocenters. The van der Waals surface area contributed by atoms with Gasteiger partial charge in [0.15, 0.2) is 10.8 Å². The van der Waals surface area contributed by atoms with E-state index in [1.165, 1.54) is 11.3 Å². The molecule has 9 nitrogen and oxygen atoms in total. The van der Waals surface area contributed by atoms with E-state index in [0.29, 0.717) is 11.9 Å². The van der Waals surface area contributed by atoms with Gasteiger partial charge in [-0.25, -0.2) is 14.8 Å². The van der Waals surface area contributed by atoms with E-state index in [-0.39, 0.29) is 5.03 Å². The van der Waals surface area contributed by atoms with Crippen molar-refractivity contribution < 1.29 is 31.5 Å². The van der Waals surface area contributed by atoms with Crippen LogP contribution in [-0.2, 0) is 14.8 Å². The molecule has 3 rings (SSSR count). The van der Waals surface area contributed by atoms with Gasteiger partial charge in [0.05, 0.1) is 17.4 Å². The number of alkyl halides is 3. The van der Waals surface area contributed by atoms with E-state index in [1.54, 1.807) is 23.2 Å². The van der Waals surface area contributed by atoms with E-state index in [1.807, 2.05) is 14.0 Å². The van der Waals surface area contributed by atoms with E-state index in [0.717, 1.165) is 30.8 Å². The van der Waals surface area contributed by atoms with E-state index in [4.69, 9.17) is 9.90 Å². The van der Waals surface area contributed by atoms with E-state index < -0.39 is 22.2 Å². The van der Waals surface area contributed by atoms with E-state index in [9.17, 15) is 21.6 Å². The number of carbonyl (C=O) groups is 1. The number of nitrogens with one attached hydrogen (secondary N) is 2. The monoisotopic (exact) mass is 467 g/mol. The van der Waals surface area contributed by atoms with E-state index >= 15 is 0 Å². The minimum Gasteiger partial charge on any atom is -0.475 e. The molecule has 0 unspecified atom stereocenters. The maximum absolute atomic E-state index is 12.4. The molecule has 0 bridgehead atoms. The summed E-state index contributed by atoms with van der Waals surface area (Å²) in [7, 11) is -1.70. The molecule has 2 aromatic heterocycles. The summed E-state index contributed by atoms with van der Waals surface area (Å²) in [6.45, 7) is 3.84. The van der Waals surface area contributed by atoms with Crippen molar-refractivity contribution in [2.24, 2.45) is 0 Å². The molecule has 1 aliphatic heterocycles. The molecule has 0 radical (unpaired) electrons. The topological polar surface area (TPSA) is 125 Å². The summed E-state index contributed by atoms with van der Waals surface area (Å²) >= 11 is 1.33. The maximum atomic E-state index is 12.4. The Morgan fingerprint density at radius 2 is 2.07 bits per heavy atom. The minimum atomic E-state index is -5.08. The molecule has 1 aliphatic rings. The fourth-order valence-electron chi connectivity index (χ4n) is 2.66. The number of likely N-dealkylation sites (N-methyl/N-ethyl adjacent to an activating group) is 1. The molecule has 0 amide bonds. The van der Waals surface area contributed by atoms with Crippen LogP contribution in [0.15, 0.2) is 28.2 Å². The van der Waals surface area contributed by atoms with Crippen molar-refractivity contribution in [2.75, 3.05) is 29.8 Å². The third-order valence-corrected chi connectivity index (χ3v) is 6.05. The number of sulfonamides is 1. The second-order valence-electron chi connectivity index (χ2n) is 6.35. The zero-order chi connectivity index (χ0) is 22.5. The number of aromatic nitrogens is 2. The molecular formula is C16H20F3N5O4S2. The Hall–Kier alpha value is -2.45. The number of carboxylic acid groups (broad SMARTS) is 1. The highest BCUT2D eigenvalue weighted by Gasteiger charge is 2.38. The lowest BCUT2D eigenvalue weighted by molar-refractivity contribution is -0.192. The van der Waals surface area contributed by atoms with Crippen LogP contribution in [0.1, 0.15) is 12.0 Å².